The van der Waals surface area contributed by atoms with Crippen molar-refractivity contribution in [2.45, 2.75) is 82.5 Å². The Morgan fingerprint density at radius 1 is 0.574 bits per heavy atom. The Balaban J connectivity index is 0.998. The SMILES string of the molecule is CC1(C)CCC(C)(C)c2c(N(c3ccc(-c4ccc5c(c4)C4(c6ccccc6O5)C5CC6CC7CC4C75C6)cc3)c3cccc4ccccc34)cccc21. The minimum atomic E-state index is 0.0589. The maximum Gasteiger partial charge on any atom is 0.131 e. The molecule has 5 aliphatic carbocycles. The minimum absolute atomic E-state index is 0.0589. The van der Waals surface area contributed by atoms with Crippen molar-refractivity contribution < 1.29 is 4.74 Å². The highest BCUT2D eigenvalue weighted by Crippen LogP contribution is 2.89. The van der Waals surface area contributed by atoms with Gasteiger partial charge in [0.1, 0.15) is 11.5 Å². The zero-order valence-electron chi connectivity index (χ0n) is 32.0. The van der Waals surface area contributed by atoms with E-state index in [2.05, 4.69) is 160 Å². The number of fused-ring (bicyclic) bond motifs is 9. The number of hydrogen-bond donors (Lipinski definition) is 0. The summed E-state index contributed by atoms with van der Waals surface area (Å²) in [7, 11) is 0. The van der Waals surface area contributed by atoms with Gasteiger partial charge in [-0.2, -0.15) is 0 Å². The lowest BCUT2D eigenvalue weighted by Crippen LogP contribution is -2.74. The van der Waals surface area contributed by atoms with Crippen molar-refractivity contribution in [3.63, 3.8) is 0 Å². The summed E-state index contributed by atoms with van der Waals surface area (Å²) in [4.78, 5) is 2.55. The van der Waals surface area contributed by atoms with Crippen molar-refractivity contribution in [3.05, 3.63) is 150 Å². The smallest absolute Gasteiger partial charge is 0.131 e. The first-order valence-electron chi connectivity index (χ1n) is 20.6. The number of benzene rings is 6. The van der Waals surface area contributed by atoms with E-state index in [4.69, 9.17) is 4.74 Å². The maximum atomic E-state index is 6.75. The van der Waals surface area contributed by atoms with Crippen LogP contribution in [0.5, 0.6) is 11.5 Å². The second-order valence-electron chi connectivity index (χ2n) is 19.2. The summed E-state index contributed by atoms with van der Waals surface area (Å²) in [5.41, 5.74) is 13.0. The Bertz CT molecular complexity index is 2540. The van der Waals surface area contributed by atoms with Gasteiger partial charge >= 0.3 is 0 Å². The molecule has 2 spiro atoms. The molecule has 4 saturated carbocycles. The molecular weight excluding hydrogens is 655 g/mol. The van der Waals surface area contributed by atoms with Crippen LogP contribution in [0.3, 0.4) is 0 Å². The van der Waals surface area contributed by atoms with Crippen LogP contribution in [0.2, 0.25) is 0 Å². The summed E-state index contributed by atoms with van der Waals surface area (Å²) < 4.78 is 6.75. The van der Waals surface area contributed by atoms with Crippen LogP contribution in [-0.4, -0.2) is 0 Å². The molecule has 2 nitrogen and oxygen atoms in total. The van der Waals surface area contributed by atoms with Gasteiger partial charge in [0, 0.05) is 27.6 Å². The first-order chi connectivity index (χ1) is 26.2. The van der Waals surface area contributed by atoms with Crippen LogP contribution in [0.25, 0.3) is 21.9 Å². The summed E-state index contributed by atoms with van der Waals surface area (Å²) in [6, 6.07) is 48.3. The summed E-state index contributed by atoms with van der Waals surface area (Å²) in [6.07, 6.45) is 8.10. The Kier molecular flexibility index (Phi) is 6.12. The van der Waals surface area contributed by atoms with Gasteiger partial charge in [0.05, 0.1) is 11.4 Å². The van der Waals surface area contributed by atoms with E-state index in [1.54, 1.807) is 0 Å². The van der Waals surface area contributed by atoms with Gasteiger partial charge < -0.3 is 9.64 Å². The van der Waals surface area contributed by atoms with Crippen LogP contribution >= 0.6 is 0 Å². The third-order valence-corrected chi connectivity index (χ3v) is 16.0. The Morgan fingerprint density at radius 2 is 1.26 bits per heavy atom. The highest BCUT2D eigenvalue weighted by Gasteiger charge is 2.84. The molecule has 2 heteroatoms. The largest absolute Gasteiger partial charge is 0.457 e. The van der Waals surface area contributed by atoms with Crippen LogP contribution in [0.1, 0.15) is 88.5 Å². The predicted molar refractivity (Wildman–Crippen MR) is 222 cm³/mol. The third kappa shape index (κ3) is 3.83. The molecule has 0 N–H and O–H groups in total. The molecule has 6 aromatic carbocycles. The molecule has 4 fully saturated rings. The van der Waals surface area contributed by atoms with Gasteiger partial charge in [-0.25, -0.2) is 0 Å². The predicted octanol–water partition coefficient (Wildman–Crippen LogP) is 13.8. The normalized spacial score (nSPS) is 29.6. The quantitative estimate of drug-likeness (QED) is 0.181. The lowest BCUT2D eigenvalue weighted by atomic mass is 9.26. The molecule has 6 aliphatic rings. The first kappa shape index (κ1) is 31.5. The summed E-state index contributed by atoms with van der Waals surface area (Å²) in [5, 5.41) is 2.53. The molecule has 1 heterocycles. The van der Waals surface area contributed by atoms with E-state index in [9.17, 15) is 0 Å². The molecular formula is C52H49NO. The van der Waals surface area contributed by atoms with E-state index < -0.39 is 0 Å². The molecule has 2 bridgehead atoms. The number of hydrogen-bond acceptors (Lipinski definition) is 2. The highest BCUT2D eigenvalue weighted by atomic mass is 16.5. The molecule has 6 atom stereocenters. The van der Waals surface area contributed by atoms with Crippen molar-refractivity contribution >= 4 is 27.8 Å². The fraction of sp³-hybridized carbons (Fsp3) is 0.346. The van der Waals surface area contributed by atoms with Gasteiger partial charge in [-0.3, -0.25) is 0 Å². The zero-order chi connectivity index (χ0) is 36.2. The fourth-order valence-corrected chi connectivity index (χ4v) is 13.8. The van der Waals surface area contributed by atoms with Gasteiger partial charge in [0.15, 0.2) is 0 Å². The topological polar surface area (TPSA) is 12.5 Å². The average Bonchev–Trinajstić information content (AvgIpc) is 3.72. The van der Waals surface area contributed by atoms with Crippen LogP contribution in [0, 0.1) is 29.1 Å². The lowest BCUT2D eigenvalue weighted by molar-refractivity contribution is -0.235. The molecule has 6 aromatic rings. The second-order valence-corrected chi connectivity index (χ2v) is 19.2. The third-order valence-electron chi connectivity index (χ3n) is 16.0. The van der Waals surface area contributed by atoms with Gasteiger partial charge in [-0.05, 0) is 149 Å². The van der Waals surface area contributed by atoms with Crippen molar-refractivity contribution in [2.24, 2.45) is 29.1 Å². The van der Waals surface area contributed by atoms with Crippen LogP contribution in [-0.2, 0) is 16.2 Å². The lowest BCUT2D eigenvalue weighted by Gasteiger charge is -2.77. The minimum Gasteiger partial charge on any atom is -0.457 e. The van der Waals surface area contributed by atoms with Crippen molar-refractivity contribution in [1.82, 2.24) is 0 Å². The highest BCUT2D eigenvalue weighted by molar-refractivity contribution is 5.99. The van der Waals surface area contributed by atoms with Crippen molar-refractivity contribution in [2.75, 3.05) is 4.90 Å². The van der Waals surface area contributed by atoms with Gasteiger partial charge in [0.2, 0.25) is 0 Å². The van der Waals surface area contributed by atoms with E-state index in [1.807, 2.05) is 0 Å². The number of rotatable bonds is 4. The van der Waals surface area contributed by atoms with E-state index in [1.165, 1.54) is 99.7 Å². The molecule has 54 heavy (non-hydrogen) atoms. The standard InChI is InChI=1S/C52H49NO/c1-49(2)25-26-50(3,4)48-40(49)15-10-17-43(48)53(42-16-9-12-34-11-5-6-13-38(34)42)37-22-19-33(20-23-37)35-21-24-45-41(29-35)52(39-14-7-8-18-44(39)54-45)46-28-32-27-36-30-47(52)51(36,46)31-32/h5-24,29,32,36,46-47H,25-28,30-31H2,1-4H3. The fourth-order valence-electron chi connectivity index (χ4n) is 13.8. The molecule has 12 rings (SSSR count). The van der Waals surface area contributed by atoms with E-state index >= 15 is 0 Å². The number of para-hydroxylation sites is 1. The maximum absolute atomic E-state index is 6.75. The monoisotopic (exact) mass is 703 g/mol. The number of anilines is 3. The zero-order valence-corrected chi connectivity index (χ0v) is 32.0. The van der Waals surface area contributed by atoms with Gasteiger partial charge in [0.25, 0.3) is 0 Å². The van der Waals surface area contributed by atoms with E-state index in [-0.39, 0.29) is 16.2 Å². The number of ether oxygens (including phenoxy) is 1. The van der Waals surface area contributed by atoms with Gasteiger partial charge in [-0.15, -0.1) is 0 Å². The summed E-state index contributed by atoms with van der Waals surface area (Å²) >= 11 is 0. The first-order valence-corrected chi connectivity index (χ1v) is 20.6. The molecule has 6 unspecified atom stereocenters. The van der Waals surface area contributed by atoms with Crippen molar-refractivity contribution in [1.29, 1.82) is 0 Å². The van der Waals surface area contributed by atoms with Crippen LogP contribution < -0.4 is 9.64 Å². The van der Waals surface area contributed by atoms with Crippen LogP contribution in [0.4, 0.5) is 17.1 Å². The average molecular weight is 704 g/mol. The van der Waals surface area contributed by atoms with E-state index in [0.717, 1.165) is 35.2 Å². The Hall–Kier alpha value is -4.82. The molecule has 0 radical (unpaired) electrons. The Morgan fingerprint density at radius 3 is 2.13 bits per heavy atom. The summed E-state index contributed by atoms with van der Waals surface area (Å²) in [5.74, 6) is 5.55. The molecule has 1 aliphatic heterocycles. The van der Waals surface area contributed by atoms with Crippen molar-refractivity contribution in [3.8, 4) is 22.6 Å². The number of nitrogens with zero attached hydrogens (tertiary/aromatic N) is 1. The molecule has 0 aromatic heterocycles. The van der Waals surface area contributed by atoms with Gasteiger partial charge in [-0.1, -0.05) is 113 Å². The molecule has 0 amide bonds. The summed E-state index contributed by atoms with van der Waals surface area (Å²) in [6.45, 7) is 9.76. The van der Waals surface area contributed by atoms with E-state index in [0.29, 0.717) is 5.41 Å². The molecule has 0 saturated heterocycles. The van der Waals surface area contributed by atoms with Crippen LogP contribution in [0.15, 0.2) is 127 Å². The second kappa shape index (κ2) is 10.5. The molecule has 268 valence electrons. The Labute approximate surface area is 320 Å².